The molecule has 0 fully saturated rings. The molecule has 1 aliphatic rings. The monoisotopic (exact) mass is 248 g/mol. The Labute approximate surface area is 107 Å². The quantitative estimate of drug-likeness (QED) is 0.674. The third-order valence-corrected chi connectivity index (χ3v) is 3.26. The number of aliphatic hydroxyl groups excluding tert-OH is 1. The van der Waals surface area contributed by atoms with Crippen LogP contribution in [0.4, 0.5) is 0 Å². The summed E-state index contributed by atoms with van der Waals surface area (Å²) >= 11 is 0. The highest BCUT2D eigenvalue weighted by molar-refractivity contribution is 5.83. The van der Waals surface area contributed by atoms with E-state index in [0.717, 1.165) is 31.4 Å². The number of unbranched alkanes of at least 4 members (excludes halogenated alkanes) is 1. The zero-order chi connectivity index (χ0) is 12.8. The van der Waals surface area contributed by atoms with Crippen LogP contribution in [0.1, 0.15) is 30.0 Å². The van der Waals surface area contributed by atoms with Gasteiger partial charge in [0.2, 0.25) is 5.91 Å². The topological polar surface area (TPSA) is 61.4 Å². The Hall–Kier alpha value is -1.39. The van der Waals surface area contributed by atoms with Crippen molar-refractivity contribution in [3.05, 3.63) is 35.4 Å². The lowest BCUT2D eigenvalue weighted by Crippen LogP contribution is -2.41. The van der Waals surface area contributed by atoms with E-state index in [9.17, 15) is 4.79 Å². The molecule has 0 saturated carbocycles. The molecule has 18 heavy (non-hydrogen) atoms. The van der Waals surface area contributed by atoms with Crippen LogP contribution < -0.4 is 10.6 Å². The summed E-state index contributed by atoms with van der Waals surface area (Å²) < 4.78 is 0. The van der Waals surface area contributed by atoms with Gasteiger partial charge in [0, 0.05) is 19.7 Å². The molecular weight excluding hydrogens is 228 g/mol. The molecule has 0 spiro atoms. The van der Waals surface area contributed by atoms with Gasteiger partial charge in [-0.2, -0.15) is 0 Å². The van der Waals surface area contributed by atoms with Crippen LogP contribution in [-0.4, -0.2) is 30.7 Å². The number of nitrogens with one attached hydrogen (secondary N) is 2. The minimum absolute atomic E-state index is 0.0279. The molecule has 0 saturated heterocycles. The van der Waals surface area contributed by atoms with E-state index < -0.39 is 0 Å². The summed E-state index contributed by atoms with van der Waals surface area (Å²) in [5.41, 5.74) is 2.34. The molecule has 0 radical (unpaired) electrons. The zero-order valence-corrected chi connectivity index (χ0v) is 10.5. The third-order valence-electron chi connectivity index (χ3n) is 3.26. The molecule has 3 N–H and O–H groups in total. The summed E-state index contributed by atoms with van der Waals surface area (Å²) in [5, 5.41) is 14.9. The van der Waals surface area contributed by atoms with E-state index in [2.05, 4.69) is 16.7 Å². The van der Waals surface area contributed by atoms with Crippen LogP contribution in [0.3, 0.4) is 0 Å². The number of hydrogen-bond acceptors (Lipinski definition) is 3. The summed E-state index contributed by atoms with van der Waals surface area (Å²) in [5.74, 6) is 0.0279. The molecule has 1 aliphatic heterocycles. The van der Waals surface area contributed by atoms with Gasteiger partial charge in [0.1, 0.15) is 6.04 Å². The van der Waals surface area contributed by atoms with Gasteiger partial charge in [-0.1, -0.05) is 24.3 Å². The summed E-state index contributed by atoms with van der Waals surface area (Å²) in [4.78, 5) is 12.1. The number of fused-ring (bicyclic) bond motifs is 1. The van der Waals surface area contributed by atoms with E-state index in [1.807, 2.05) is 18.2 Å². The molecule has 1 amide bonds. The van der Waals surface area contributed by atoms with Crippen LogP contribution in [0.25, 0.3) is 0 Å². The molecule has 2 rings (SSSR count). The number of amides is 1. The van der Waals surface area contributed by atoms with Crippen molar-refractivity contribution in [1.29, 1.82) is 0 Å². The van der Waals surface area contributed by atoms with Crippen LogP contribution in [0.5, 0.6) is 0 Å². The average Bonchev–Trinajstić information content (AvgIpc) is 2.43. The molecule has 0 aliphatic carbocycles. The van der Waals surface area contributed by atoms with Gasteiger partial charge in [-0.05, 0) is 30.4 Å². The van der Waals surface area contributed by atoms with Gasteiger partial charge >= 0.3 is 0 Å². The Morgan fingerprint density at radius 2 is 2.22 bits per heavy atom. The number of rotatable bonds is 5. The second kappa shape index (κ2) is 6.52. The SMILES string of the molecule is O=C(NCCCCO)C1NCCc2ccccc21. The maximum absolute atomic E-state index is 12.1. The fraction of sp³-hybridized carbons (Fsp3) is 0.500. The molecule has 1 aromatic rings. The first kappa shape index (κ1) is 13.1. The molecule has 0 aromatic heterocycles. The molecule has 1 heterocycles. The summed E-state index contributed by atoms with van der Waals surface area (Å²) in [7, 11) is 0. The van der Waals surface area contributed by atoms with Crippen LogP contribution in [-0.2, 0) is 11.2 Å². The molecule has 4 heteroatoms. The predicted molar refractivity (Wildman–Crippen MR) is 70.2 cm³/mol. The Kier molecular flexibility index (Phi) is 4.73. The molecular formula is C14H20N2O2. The van der Waals surface area contributed by atoms with E-state index in [-0.39, 0.29) is 18.6 Å². The predicted octanol–water partition coefficient (Wildman–Crippen LogP) is 0.762. The first-order chi connectivity index (χ1) is 8.83. The fourth-order valence-corrected chi connectivity index (χ4v) is 2.29. The van der Waals surface area contributed by atoms with Crippen molar-refractivity contribution < 1.29 is 9.90 Å². The van der Waals surface area contributed by atoms with Gasteiger partial charge in [0.15, 0.2) is 0 Å². The smallest absolute Gasteiger partial charge is 0.241 e. The van der Waals surface area contributed by atoms with Crippen molar-refractivity contribution in [2.45, 2.75) is 25.3 Å². The number of hydrogen-bond donors (Lipinski definition) is 3. The van der Waals surface area contributed by atoms with Crippen LogP contribution >= 0.6 is 0 Å². The van der Waals surface area contributed by atoms with E-state index in [1.54, 1.807) is 0 Å². The maximum Gasteiger partial charge on any atom is 0.241 e. The van der Waals surface area contributed by atoms with Gasteiger partial charge < -0.3 is 15.7 Å². The largest absolute Gasteiger partial charge is 0.396 e. The highest BCUT2D eigenvalue weighted by atomic mass is 16.2. The molecule has 1 unspecified atom stereocenters. The minimum atomic E-state index is -0.232. The number of aliphatic hydroxyl groups is 1. The van der Waals surface area contributed by atoms with E-state index >= 15 is 0 Å². The number of benzene rings is 1. The van der Waals surface area contributed by atoms with Crippen LogP contribution in [0, 0.1) is 0 Å². The molecule has 1 aromatic carbocycles. The maximum atomic E-state index is 12.1. The van der Waals surface area contributed by atoms with Crippen molar-refractivity contribution in [2.24, 2.45) is 0 Å². The molecule has 0 bridgehead atoms. The summed E-state index contributed by atoms with van der Waals surface area (Å²) in [6.07, 6.45) is 2.52. The lowest BCUT2D eigenvalue weighted by molar-refractivity contribution is -0.123. The highest BCUT2D eigenvalue weighted by Gasteiger charge is 2.24. The Balaban J connectivity index is 1.95. The second-order valence-electron chi connectivity index (χ2n) is 4.56. The first-order valence-corrected chi connectivity index (χ1v) is 6.52. The third kappa shape index (κ3) is 3.09. The average molecular weight is 248 g/mol. The van der Waals surface area contributed by atoms with Crippen molar-refractivity contribution in [2.75, 3.05) is 19.7 Å². The Morgan fingerprint density at radius 3 is 3.06 bits per heavy atom. The first-order valence-electron chi connectivity index (χ1n) is 6.52. The van der Waals surface area contributed by atoms with Gasteiger partial charge in [0.05, 0.1) is 0 Å². The van der Waals surface area contributed by atoms with E-state index in [0.29, 0.717) is 6.54 Å². The number of carbonyl (C=O) groups is 1. The van der Waals surface area contributed by atoms with Crippen molar-refractivity contribution in [1.82, 2.24) is 10.6 Å². The Bertz CT molecular complexity index is 407. The lowest BCUT2D eigenvalue weighted by Gasteiger charge is -2.26. The zero-order valence-electron chi connectivity index (χ0n) is 10.5. The normalized spacial score (nSPS) is 18.2. The molecule has 98 valence electrons. The van der Waals surface area contributed by atoms with Crippen LogP contribution in [0.15, 0.2) is 24.3 Å². The Morgan fingerprint density at radius 1 is 1.39 bits per heavy atom. The summed E-state index contributed by atoms with van der Waals surface area (Å²) in [6, 6.07) is 7.85. The van der Waals surface area contributed by atoms with Crippen molar-refractivity contribution in [3.63, 3.8) is 0 Å². The van der Waals surface area contributed by atoms with Gasteiger partial charge in [-0.25, -0.2) is 0 Å². The molecule has 4 nitrogen and oxygen atoms in total. The number of carbonyl (C=O) groups excluding carboxylic acids is 1. The minimum Gasteiger partial charge on any atom is -0.396 e. The van der Waals surface area contributed by atoms with Crippen LogP contribution in [0.2, 0.25) is 0 Å². The van der Waals surface area contributed by atoms with E-state index in [1.165, 1.54) is 5.56 Å². The highest BCUT2D eigenvalue weighted by Crippen LogP contribution is 2.22. The van der Waals surface area contributed by atoms with Gasteiger partial charge in [0.25, 0.3) is 0 Å². The standard InChI is InChI=1S/C14H20N2O2/c17-10-4-3-8-16-14(18)13-12-6-2-1-5-11(12)7-9-15-13/h1-2,5-6,13,15,17H,3-4,7-10H2,(H,16,18). The van der Waals surface area contributed by atoms with Crippen molar-refractivity contribution >= 4 is 5.91 Å². The lowest BCUT2D eigenvalue weighted by atomic mass is 9.94. The van der Waals surface area contributed by atoms with E-state index in [4.69, 9.17) is 5.11 Å². The molecule has 1 atom stereocenters. The summed E-state index contributed by atoms with van der Waals surface area (Å²) in [6.45, 7) is 1.64. The van der Waals surface area contributed by atoms with Crippen molar-refractivity contribution in [3.8, 4) is 0 Å². The second-order valence-corrected chi connectivity index (χ2v) is 4.56. The van der Waals surface area contributed by atoms with Gasteiger partial charge in [-0.3, -0.25) is 4.79 Å². The van der Waals surface area contributed by atoms with Gasteiger partial charge in [-0.15, -0.1) is 0 Å². The fourth-order valence-electron chi connectivity index (χ4n) is 2.29.